The summed E-state index contributed by atoms with van der Waals surface area (Å²) in [6, 6.07) is 0. The number of hydrogen-bond donors (Lipinski definition) is 0. The zero-order chi connectivity index (χ0) is 8.81. The first kappa shape index (κ1) is 9.04. The fourth-order valence-corrected chi connectivity index (χ4v) is 1.49. The molecule has 0 atom stereocenters. The summed E-state index contributed by atoms with van der Waals surface area (Å²) in [4.78, 5) is 6.23. The molecule has 2 nitrogen and oxygen atoms in total. The highest BCUT2D eigenvalue weighted by Crippen LogP contribution is 2.14. The van der Waals surface area contributed by atoms with E-state index in [0.717, 1.165) is 18.9 Å². The Balaban J connectivity index is 2.57. The van der Waals surface area contributed by atoms with E-state index in [1.165, 1.54) is 19.3 Å². The van der Waals surface area contributed by atoms with E-state index in [2.05, 4.69) is 23.2 Å². The minimum absolute atomic E-state index is 0.963. The molecule has 1 saturated heterocycles. The highest BCUT2D eigenvalue weighted by Gasteiger charge is 2.10. The lowest BCUT2D eigenvalue weighted by molar-refractivity contribution is 0.283. The Kier molecular flexibility index (Phi) is 3.58. The number of aliphatic imine (C=N–C) groups is 1. The molecule has 1 fully saturated rings. The fraction of sp³-hybridized carbons (Fsp3) is 0.500. The van der Waals surface area contributed by atoms with E-state index in [1.54, 1.807) is 6.08 Å². The molecule has 0 spiro atoms. The third-order valence-corrected chi connectivity index (χ3v) is 2.11. The van der Waals surface area contributed by atoms with Gasteiger partial charge in [-0.2, -0.15) is 0 Å². The third kappa shape index (κ3) is 2.22. The maximum Gasteiger partial charge on any atom is 0.127 e. The molecule has 0 amide bonds. The van der Waals surface area contributed by atoms with Gasteiger partial charge in [-0.3, -0.25) is 0 Å². The predicted molar refractivity (Wildman–Crippen MR) is 53.3 cm³/mol. The van der Waals surface area contributed by atoms with E-state index >= 15 is 0 Å². The number of rotatable bonds is 3. The second kappa shape index (κ2) is 4.75. The van der Waals surface area contributed by atoms with Gasteiger partial charge in [0.25, 0.3) is 0 Å². The van der Waals surface area contributed by atoms with Gasteiger partial charge in [-0.1, -0.05) is 12.7 Å². The lowest BCUT2D eigenvalue weighted by Crippen LogP contribution is -2.28. The molecule has 2 heteroatoms. The highest BCUT2D eigenvalue weighted by atomic mass is 15.2. The van der Waals surface area contributed by atoms with Crippen molar-refractivity contribution in [1.82, 2.24) is 4.90 Å². The molecule has 0 N–H and O–H groups in total. The van der Waals surface area contributed by atoms with Crippen LogP contribution < -0.4 is 0 Å². The number of allylic oxidation sites excluding steroid dienone is 2. The molecular weight excluding hydrogens is 148 g/mol. The average Bonchev–Trinajstić information content (AvgIpc) is 2.15. The van der Waals surface area contributed by atoms with Crippen LogP contribution in [-0.2, 0) is 0 Å². The van der Waals surface area contributed by atoms with Gasteiger partial charge in [0.15, 0.2) is 0 Å². The van der Waals surface area contributed by atoms with E-state index < -0.39 is 0 Å². The molecule has 1 heterocycles. The van der Waals surface area contributed by atoms with Crippen LogP contribution in [0.1, 0.15) is 19.3 Å². The molecule has 0 aromatic carbocycles. The van der Waals surface area contributed by atoms with E-state index in [1.807, 2.05) is 6.08 Å². The van der Waals surface area contributed by atoms with Crippen molar-refractivity contribution in [3.8, 4) is 0 Å². The summed E-state index contributed by atoms with van der Waals surface area (Å²) < 4.78 is 0. The molecule has 0 aromatic rings. The molecule has 0 aliphatic carbocycles. The highest BCUT2D eigenvalue weighted by molar-refractivity contribution is 5.29. The summed E-state index contributed by atoms with van der Waals surface area (Å²) in [7, 11) is 0. The lowest BCUT2D eigenvalue weighted by Gasteiger charge is -2.28. The van der Waals surface area contributed by atoms with Gasteiger partial charge in [0, 0.05) is 13.1 Å². The number of likely N-dealkylation sites (tertiary alicyclic amines) is 1. The first-order valence-corrected chi connectivity index (χ1v) is 4.43. The molecule has 66 valence electrons. The summed E-state index contributed by atoms with van der Waals surface area (Å²) >= 11 is 0. The SMILES string of the molecule is C=C/C=C(\N=C)N1CCCCC1. The Morgan fingerprint density at radius 2 is 1.92 bits per heavy atom. The molecule has 0 aromatic heterocycles. The van der Waals surface area contributed by atoms with Gasteiger partial charge in [-0.25, -0.2) is 4.99 Å². The van der Waals surface area contributed by atoms with Gasteiger partial charge in [-0.05, 0) is 32.1 Å². The number of nitrogens with zero attached hydrogens (tertiary/aromatic N) is 2. The molecule has 1 aliphatic rings. The fourth-order valence-electron chi connectivity index (χ4n) is 1.49. The third-order valence-electron chi connectivity index (χ3n) is 2.11. The predicted octanol–water partition coefficient (Wildman–Crippen LogP) is 2.20. The van der Waals surface area contributed by atoms with Crippen molar-refractivity contribution >= 4 is 6.72 Å². The van der Waals surface area contributed by atoms with Crippen molar-refractivity contribution in [3.63, 3.8) is 0 Å². The van der Waals surface area contributed by atoms with Gasteiger partial charge in [-0.15, -0.1) is 0 Å². The Labute approximate surface area is 74.3 Å². The van der Waals surface area contributed by atoms with Gasteiger partial charge in [0.1, 0.15) is 5.82 Å². The second-order valence-electron chi connectivity index (χ2n) is 2.97. The molecule has 0 unspecified atom stereocenters. The van der Waals surface area contributed by atoms with Crippen molar-refractivity contribution in [3.05, 3.63) is 24.6 Å². The van der Waals surface area contributed by atoms with Crippen LogP contribution in [0.3, 0.4) is 0 Å². The molecule has 0 bridgehead atoms. The van der Waals surface area contributed by atoms with Crippen molar-refractivity contribution in [1.29, 1.82) is 0 Å². The van der Waals surface area contributed by atoms with E-state index in [0.29, 0.717) is 0 Å². The minimum atomic E-state index is 0.963. The van der Waals surface area contributed by atoms with Crippen molar-refractivity contribution in [2.24, 2.45) is 4.99 Å². The van der Waals surface area contributed by atoms with Crippen LogP contribution in [-0.4, -0.2) is 24.7 Å². The number of piperidine rings is 1. The maximum absolute atomic E-state index is 3.97. The van der Waals surface area contributed by atoms with Crippen molar-refractivity contribution in [2.45, 2.75) is 19.3 Å². The Morgan fingerprint density at radius 3 is 2.42 bits per heavy atom. The van der Waals surface area contributed by atoms with Crippen LogP contribution in [0, 0.1) is 0 Å². The topological polar surface area (TPSA) is 15.6 Å². The first-order valence-electron chi connectivity index (χ1n) is 4.43. The van der Waals surface area contributed by atoms with E-state index in [4.69, 9.17) is 0 Å². The molecule has 12 heavy (non-hydrogen) atoms. The van der Waals surface area contributed by atoms with Gasteiger partial charge < -0.3 is 4.90 Å². The molecule has 1 aliphatic heterocycles. The summed E-state index contributed by atoms with van der Waals surface area (Å²) in [5.74, 6) is 0.963. The monoisotopic (exact) mass is 164 g/mol. The van der Waals surface area contributed by atoms with Crippen LogP contribution in [0.2, 0.25) is 0 Å². The Hall–Kier alpha value is -1.05. The molecular formula is C10H16N2. The molecule has 1 rings (SSSR count). The molecule has 0 saturated carbocycles. The Bertz CT molecular complexity index is 188. The van der Waals surface area contributed by atoms with E-state index in [9.17, 15) is 0 Å². The quantitative estimate of drug-likeness (QED) is 0.461. The normalized spacial score (nSPS) is 19.0. The summed E-state index contributed by atoms with van der Waals surface area (Å²) in [5.41, 5.74) is 0. The maximum atomic E-state index is 3.97. The van der Waals surface area contributed by atoms with Crippen LogP contribution >= 0.6 is 0 Å². The van der Waals surface area contributed by atoms with Crippen molar-refractivity contribution in [2.75, 3.05) is 13.1 Å². The van der Waals surface area contributed by atoms with Crippen LogP contribution in [0.4, 0.5) is 0 Å². The summed E-state index contributed by atoms with van der Waals surface area (Å²) in [6.07, 6.45) is 7.56. The van der Waals surface area contributed by atoms with E-state index in [-0.39, 0.29) is 0 Å². The van der Waals surface area contributed by atoms with Crippen molar-refractivity contribution < 1.29 is 0 Å². The van der Waals surface area contributed by atoms with Crippen LogP contribution in [0.5, 0.6) is 0 Å². The van der Waals surface area contributed by atoms with Gasteiger partial charge in [0.2, 0.25) is 0 Å². The Morgan fingerprint density at radius 1 is 1.25 bits per heavy atom. The standard InChI is InChI=1S/C10H16N2/c1-3-7-10(11-2)12-8-5-4-6-9-12/h3,7H,1-2,4-6,8-9H2/b10-7+. The van der Waals surface area contributed by atoms with Gasteiger partial charge >= 0.3 is 0 Å². The summed E-state index contributed by atoms with van der Waals surface area (Å²) in [6.45, 7) is 9.42. The molecule has 0 radical (unpaired) electrons. The minimum Gasteiger partial charge on any atom is -0.357 e. The lowest BCUT2D eigenvalue weighted by atomic mass is 10.1. The largest absolute Gasteiger partial charge is 0.357 e. The second-order valence-corrected chi connectivity index (χ2v) is 2.97. The summed E-state index contributed by atoms with van der Waals surface area (Å²) in [5, 5.41) is 0. The smallest absolute Gasteiger partial charge is 0.127 e. The van der Waals surface area contributed by atoms with Crippen LogP contribution in [0.15, 0.2) is 29.5 Å². The van der Waals surface area contributed by atoms with Crippen LogP contribution in [0.25, 0.3) is 0 Å². The average molecular weight is 164 g/mol. The zero-order valence-corrected chi connectivity index (χ0v) is 7.50. The van der Waals surface area contributed by atoms with Gasteiger partial charge in [0.05, 0.1) is 0 Å². The zero-order valence-electron chi connectivity index (χ0n) is 7.50. The number of hydrogen-bond acceptors (Lipinski definition) is 2. The first-order chi connectivity index (χ1) is 5.88.